The lowest BCUT2D eigenvalue weighted by atomic mass is 9.94. The molecule has 0 unspecified atom stereocenters. The molecule has 0 aliphatic rings. The van der Waals surface area contributed by atoms with Gasteiger partial charge in [0.1, 0.15) is 0 Å². The summed E-state index contributed by atoms with van der Waals surface area (Å²) in [6.07, 6.45) is 3.52. The smallest absolute Gasteiger partial charge is 0.336 e. The molecule has 1 heterocycles. The van der Waals surface area contributed by atoms with E-state index in [1.54, 1.807) is 24.5 Å². The van der Waals surface area contributed by atoms with E-state index in [0.717, 1.165) is 27.6 Å². The van der Waals surface area contributed by atoms with Crippen LogP contribution in [0.2, 0.25) is 0 Å². The molecule has 0 saturated carbocycles. The van der Waals surface area contributed by atoms with Crippen LogP contribution in [0.5, 0.6) is 0 Å². The first kappa shape index (κ1) is 14.1. The molecular formula is C18H16N2O2. The van der Waals surface area contributed by atoms with Crippen LogP contribution in [-0.2, 0) is 0 Å². The van der Waals surface area contributed by atoms with Crippen molar-refractivity contribution in [1.29, 1.82) is 0 Å². The first-order chi connectivity index (χ1) is 10.6. The number of rotatable bonds is 3. The van der Waals surface area contributed by atoms with Gasteiger partial charge < -0.3 is 10.0 Å². The average molecular weight is 292 g/mol. The van der Waals surface area contributed by atoms with Crippen molar-refractivity contribution in [1.82, 2.24) is 4.98 Å². The topological polar surface area (TPSA) is 53.4 Å². The molecule has 0 aliphatic carbocycles. The van der Waals surface area contributed by atoms with Crippen molar-refractivity contribution in [3.05, 3.63) is 60.4 Å². The number of anilines is 1. The average Bonchev–Trinajstić information content (AvgIpc) is 2.53. The Morgan fingerprint density at radius 2 is 1.77 bits per heavy atom. The second-order valence-corrected chi connectivity index (χ2v) is 5.30. The molecule has 3 rings (SSSR count). The SMILES string of the molecule is CN(C)c1ccncc1-c1cccc2cccc(C(=O)O)c12. The van der Waals surface area contributed by atoms with E-state index in [9.17, 15) is 9.90 Å². The zero-order chi connectivity index (χ0) is 15.7. The summed E-state index contributed by atoms with van der Waals surface area (Å²) in [5.41, 5.74) is 3.11. The summed E-state index contributed by atoms with van der Waals surface area (Å²) >= 11 is 0. The van der Waals surface area contributed by atoms with Crippen LogP contribution in [0, 0.1) is 0 Å². The Labute approximate surface area is 128 Å². The number of carbonyl (C=O) groups is 1. The Kier molecular flexibility index (Phi) is 3.51. The van der Waals surface area contributed by atoms with Crippen LogP contribution in [0.15, 0.2) is 54.9 Å². The van der Waals surface area contributed by atoms with Crippen molar-refractivity contribution in [2.75, 3.05) is 19.0 Å². The standard InChI is InChI=1S/C18H16N2O2/c1-20(2)16-9-10-19-11-15(16)13-7-3-5-12-6-4-8-14(17(12)13)18(21)22/h3-11H,1-2H3,(H,21,22). The third kappa shape index (κ3) is 2.29. The van der Waals surface area contributed by atoms with E-state index in [1.165, 1.54) is 0 Å². The highest BCUT2D eigenvalue weighted by Gasteiger charge is 2.15. The molecule has 22 heavy (non-hydrogen) atoms. The van der Waals surface area contributed by atoms with Gasteiger partial charge in [-0.1, -0.05) is 30.3 Å². The third-order valence-corrected chi connectivity index (χ3v) is 3.71. The normalized spacial score (nSPS) is 10.6. The van der Waals surface area contributed by atoms with Gasteiger partial charge in [0.05, 0.1) is 5.56 Å². The fraction of sp³-hybridized carbons (Fsp3) is 0.111. The van der Waals surface area contributed by atoms with E-state index in [1.807, 2.05) is 49.3 Å². The molecule has 110 valence electrons. The van der Waals surface area contributed by atoms with E-state index in [-0.39, 0.29) is 0 Å². The maximum Gasteiger partial charge on any atom is 0.336 e. The number of nitrogens with zero attached hydrogens (tertiary/aromatic N) is 2. The first-order valence-electron chi connectivity index (χ1n) is 6.96. The van der Waals surface area contributed by atoms with Gasteiger partial charge in [-0.3, -0.25) is 4.98 Å². The zero-order valence-electron chi connectivity index (χ0n) is 12.4. The molecule has 3 aromatic rings. The lowest BCUT2D eigenvalue weighted by Gasteiger charge is -2.18. The summed E-state index contributed by atoms with van der Waals surface area (Å²) in [7, 11) is 3.92. The fourth-order valence-electron chi connectivity index (χ4n) is 2.73. The van der Waals surface area contributed by atoms with Gasteiger partial charge in [-0.25, -0.2) is 4.79 Å². The monoisotopic (exact) mass is 292 g/mol. The molecule has 0 fully saturated rings. The van der Waals surface area contributed by atoms with Gasteiger partial charge in [-0.05, 0) is 23.1 Å². The van der Waals surface area contributed by atoms with Crippen LogP contribution in [0.3, 0.4) is 0 Å². The van der Waals surface area contributed by atoms with Crippen LogP contribution in [0.4, 0.5) is 5.69 Å². The number of fused-ring (bicyclic) bond motifs is 1. The summed E-state index contributed by atoms with van der Waals surface area (Å²) < 4.78 is 0. The highest BCUT2D eigenvalue weighted by molar-refractivity contribution is 6.11. The highest BCUT2D eigenvalue weighted by atomic mass is 16.4. The lowest BCUT2D eigenvalue weighted by molar-refractivity contribution is 0.0699. The van der Waals surface area contributed by atoms with Crippen molar-refractivity contribution < 1.29 is 9.90 Å². The Morgan fingerprint density at radius 1 is 1.05 bits per heavy atom. The predicted octanol–water partition coefficient (Wildman–Crippen LogP) is 3.67. The Morgan fingerprint density at radius 3 is 2.45 bits per heavy atom. The van der Waals surface area contributed by atoms with Crippen molar-refractivity contribution in [3.8, 4) is 11.1 Å². The molecule has 0 radical (unpaired) electrons. The maximum atomic E-state index is 11.6. The molecule has 0 amide bonds. The van der Waals surface area contributed by atoms with Crippen LogP contribution in [0.1, 0.15) is 10.4 Å². The second-order valence-electron chi connectivity index (χ2n) is 5.30. The molecule has 4 heteroatoms. The van der Waals surface area contributed by atoms with Gasteiger partial charge >= 0.3 is 5.97 Å². The van der Waals surface area contributed by atoms with Crippen molar-refractivity contribution in [3.63, 3.8) is 0 Å². The third-order valence-electron chi connectivity index (χ3n) is 3.71. The summed E-state index contributed by atoms with van der Waals surface area (Å²) in [5.74, 6) is -0.923. The number of carboxylic acid groups (broad SMARTS) is 1. The van der Waals surface area contributed by atoms with Gasteiger partial charge in [-0.15, -0.1) is 0 Å². The van der Waals surface area contributed by atoms with Gasteiger partial charge in [-0.2, -0.15) is 0 Å². The van der Waals surface area contributed by atoms with E-state index >= 15 is 0 Å². The first-order valence-corrected chi connectivity index (χ1v) is 6.96. The summed E-state index contributed by atoms with van der Waals surface area (Å²) in [5, 5.41) is 11.2. The molecule has 0 atom stereocenters. The predicted molar refractivity (Wildman–Crippen MR) is 88.5 cm³/mol. The number of aromatic nitrogens is 1. The van der Waals surface area contributed by atoms with Gasteiger partial charge in [0.25, 0.3) is 0 Å². The lowest BCUT2D eigenvalue weighted by Crippen LogP contribution is -2.10. The Hall–Kier alpha value is -2.88. The molecule has 0 saturated heterocycles. The number of aromatic carboxylic acids is 1. The number of hydrogen-bond donors (Lipinski definition) is 1. The highest BCUT2D eigenvalue weighted by Crippen LogP contribution is 2.35. The number of hydrogen-bond acceptors (Lipinski definition) is 3. The van der Waals surface area contributed by atoms with Gasteiger partial charge in [0.2, 0.25) is 0 Å². The molecule has 4 nitrogen and oxygen atoms in total. The Bertz CT molecular complexity index is 851. The van der Waals surface area contributed by atoms with E-state index in [4.69, 9.17) is 0 Å². The molecule has 2 aromatic carbocycles. The fourth-order valence-corrected chi connectivity index (χ4v) is 2.73. The van der Waals surface area contributed by atoms with E-state index < -0.39 is 5.97 Å². The molecule has 1 aromatic heterocycles. The van der Waals surface area contributed by atoms with Crippen LogP contribution < -0.4 is 4.90 Å². The van der Waals surface area contributed by atoms with Gasteiger partial charge in [0.15, 0.2) is 0 Å². The largest absolute Gasteiger partial charge is 0.478 e. The second kappa shape index (κ2) is 5.48. The molecule has 0 bridgehead atoms. The van der Waals surface area contributed by atoms with Crippen LogP contribution in [0.25, 0.3) is 21.9 Å². The summed E-state index contributed by atoms with van der Waals surface area (Å²) in [6, 6.07) is 13.1. The minimum Gasteiger partial charge on any atom is -0.478 e. The number of pyridine rings is 1. The van der Waals surface area contributed by atoms with Gasteiger partial charge in [0, 0.05) is 43.1 Å². The summed E-state index contributed by atoms with van der Waals surface area (Å²) in [4.78, 5) is 17.8. The van der Waals surface area contributed by atoms with Crippen molar-refractivity contribution >= 4 is 22.4 Å². The number of benzene rings is 2. The van der Waals surface area contributed by atoms with E-state index in [0.29, 0.717) is 5.56 Å². The Balaban J connectivity index is 2.40. The van der Waals surface area contributed by atoms with Crippen LogP contribution in [-0.4, -0.2) is 30.2 Å². The van der Waals surface area contributed by atoms with Crippen molar-refractivity contribution in [2.45, 2.75) is 0 Å². The quantitative estimate of drug-likeness (QED) is 0.800. The maximum absolute atomic E-state index is 11.6. The minimum absolute atomic E-state index is 0.307. The molecule has 0 spiro atoms. The van der Waals surface area contributed by atoms with Crippen LogP contribution >= 0.6 is 0 Å². The number of carboxylic acids is 1. The van der Waals surface area contributed by atoms with Crippen molar-refractivity contribution in [2.24, 2.45) is 0 Å². The molecule has 0 aliphatic heterocycles. The minimum atomic E-state index is -0.923. The molecular weight excluding hydrogens is 276 g/mol. The zero-order valence-corrected chi connectivity index (χ0v) is 12.4. The molecule has 1 N–H and O–H groups in total. The summed E-state index contributed by atoms with van der Waals surface area (Å²) in [6.45, 7) is 0. The van der Waals surface area contributed by atoms with E-state index in [2.05, 4.69) is 4.98 Å².